The summed E-state index contributed by atoms with van der Waals surface area (Å²) in [7, 11) is 0. The van der Waals surface area contributed by atoms with Crippen LogP contribution in [-0.2, 0) is 4.79 Å². The van der Waals surface area contributed by atoms with Crippen LogP contribution < -0.4 is 10.1 Å². The first-order chi connectivity index (χ1) is 10.0. The number of carbonyl (C=O) groups excluding carboxylic acids is 1. The van der Waals surface area contributed by atoms with Crippen molar-refractivity contribution >= 4 is 11.6 Å². The highest BCUT2D eigenvalue weighted by atomic mass is 16.5. The van der Waals surface area contributed by atoms with Gasteiger partial charge < -0.3 is 10.1 Å². The number of nitrogens with zero attached hydrogens (tertiary/aromatic N) is 1. The zero-order chi connectivity index (χ0) is 15.3. The van der Waals surface area contributed by atoms with Gasteiger partial charge in [0.2, 0.25) is 11.8 Å². The van der Waals surface area contributed by atoms with E-state index in [0.29, 0.717) is 12.5 Å². The summed E-state index contributed by atoms with van der Waals surface area (Å²) in [5, 5.41) is 3.00. The Balaban J connectivity index is 1.98. The third-order valence-corrected chi connectivity index (χ3v) is 4.28. The number of pyridine rings is 1. The van der Waals surface area contributed by atoms with Crippen LogP contribution in [0.1, 0.15) is 57.9 Å². The molecular weight excluding hydrogens is 264 g/mol. The van der Waals surface area contributed by atoms with E-state index in [9.17, 15) is 4.79 Å². The van der Waals surface area contributed by atoms with E-state index >= 15 is 0 Å². The van der Waals surface area contributed by atoms with Crippen molar-refractivity contribution in [2.45, 2.75) is 59.3 Å². The Morgan fingerprint density at radius 1 is 1.43 bits per heavy atom. The van der Waals surface area contributed by atoms with Crippen LogP contribution in [-0.4, -0.2) is 17.5 Å². The molecule has 0 aromatic carbocycles. The average molecular weight is 290 g/mol. The molecule has 1 aromatic rings. The van der Waals surface area contributed by atoms with Crippen molar-refractivity contribution in [3.05, 3.63) is 17.8 Å². The third kappa shape index (κ3) is 3.96. The molecule has 1 amide bonds. The van der Waals surface area contributed by atoms with E-state index in [0.717, 1.165) is 49.8 Å². The van der Waals surface area contributed by atoms with Crippen molar-refractivity contribution in [3.63, 3.8) is 0 Å². The molecule has 0 atom stereocenters. The number of unbranched alkanes of at least 4 members (excludes halogenated alkanes) is 1. The molecule has 1 fully saturated rings. The molecule has 0 radical (unpaired) electrons. The van der Waals surface area contributed by atoms with Crippen LogP contribution >= 0.6 is 0 Å². The maximum Gasteiger partial charge on any atom is 0.230 e. The molecule has 1 saturated carbocycles. The van der Waals surface area contributed by atoms with Gasteiger partial charge in [0.1, 0.15) is 0 Å². The first kappa shape index (κ1) is 15.8. The van der Waals surface area contributed by atoms with Crippen LogP contribution in [0.15, 0.2) is 12.3 Å². The molecular formula is C17H26N2O2. The fourth-order valence-electron chi connectivity index (χ4n) is 2.76. The Morgan fingerprint density at radius 2 is 2.14 bits per heavy atom. The number of amides is 1. The largest absolute Gasteiger partial charge is 0.477 e. The quantitative estimate of drug-likeness (QED) is 0.803. The van der Waals surface area contributed by atoms with E-state index in [2.05, 4.69) is 24.1 Å². The molecule has 4 heteroatoms. The second-order valence-electron chi connectivity index (χ2n) is 6.27. The fraction of sp³-hybridized carbons (Fsp3) is 0.647. The Kier molecular flexibility index (Phi) is 5.21. The van der Waals surface area contributed by atoms with Crippen molar-refractivity contribution < 1.29 is 9.53 Å². The Morgan fingerprint density at radius 3 is 2.76 bits per heavy atom. The van der Waals surface area contributed by atoms with Gasteiger partial charge in [-0.1, -0.05) is 33.1 Å². The van der Waals surface area contributed by atoms with Crippen molar-refractivity contribution in [2.75, 3.05) is 11.9 Å². The number of carbonyl (C=O) groups is 1. The Labute approximate surface area is 127 Å². The standard InChI is InChI=1S/C17H26N2O2/c1-4-5-10-21-15-13(2)11-14(12-18-15)19-16(20)17(3)8-6-7-9-17/h11-12H,4-10H2,1-3H3,(H,19,20). The van der Waals surface area contributed by atoms with Gasteiger partial charge in [0, 0.05) is 11.0 Å². The normalized spacial score (nSPS) is 16.7. The molecule has 1 N–H and O–H groups in total. The van der Waals surface area contributed by atoms with Crippen LogP contribution in [0.25, 0.3) is 0 Å². The first-order valence-electron chi connectivity index (χ1n) is 7.96. The molecule has 1 aliphatic carbocycles. The molecule has 1 heterocycles. The van der Waals surface area contributed by atoms with E-state index in [-0.39, 0.29) is 11.3 Å². The smallest absolute Gasteiger partial charge is 0.230 e. The molecule has 0 aliphatic heterocycles. The molecule has 0 unspecified atom stereocenters. The van der Waals surface area contributed by atoms with Gasteiger partial charge in [-0.05, 0) is 32.3 Å². The monoisotopic (exact) mass is 290 g/mol. The van der Waals surface area contributed by atoms with E-state index < -0.39 is 0 Å². The van der Waals surface area contributed by atoms with Gasteiger partial charge in [-0.25, -0.2) is 4.98 Å². The average Bonchev–Trinajstić information content (AvgIpc) is 2.90. The van der Waals surface area contributed by atoms with Crippen LogP contribution in [0.5, 0.6) is 5.88 Å². The number of hydrogen-bond acceptors (Lipinski definition) is 3. The van der Waals surface area contributed by atoms with E-state index in [1.165, 1.54) is 0 Å². The predicted molar refractivity (Wildman–Crippen MR) is 84.6 cm³/mol. The number of nitrogens with one attached hydrogen (secondary N) is 1. The lowest BCUT2D eigenvalue weighted by Gasteiger charge is -2.22. The number of aryl methyl sites for hydroxylation is 1. The van der Waals surface area contributed by atoms with Crippen LogP contribution in [0.4, 0.5) is 5.69 Å². The third-order valence-electron chi connectivity index (χ3n) is 4.28. The maximum absolute atomic E-state index is 12.4. The highest BCUT2D eigenvalue weighted by Gasteiger charge is 2.36. The van der Waals surface area contributed by atoms with Crippen LogP contribution in [0.2, 0.25) is 0 Å². The van der Waals surface area contributed by atoms with E-state index in [4.69, 9.17) is 4.74 Å². The lowest BCUT2D eigenvalue weighted by atomic mass is 9.88. The van der Waals surface area contributed by atoms with Crippen molar-refractivity contribution in [1.29, 1.82) is 0 Å². The van der Waals surface area contributed by atoms with Crippen LogP contribution in [0.3, 0.4) is 0 Å². The number of hydrogen-bond donors (Lipinski definition) is 1. The van der Waals surface area contributed by atoms with Crippen molar-refractivity contribution in [3.8, 4) is 5.88 Å². The first-order valence-corrected chi connectivity index (χ1v) is 7.96. The summed E-state index contributed by atoms with van der Waals surface area (Å²) >= 11 is 0. The summed E-state index contributed by atoms with van der Waals surface area (Å²) in [5.41, 5.74) is 1.50. The Bertz CT molecular complexity index is 494. The molecule has 1 aromatic heterocycles. The molecule has 21 heavy (non-hydrogen) atoms. The zero-order valence-corrected chi connectivity index (χ0v) is 13.4. The molecule has 2 rings (SSSR count). The number of anilines is 1. The number of rotatable bonds is 6. The fourth-order valence-corrected chi connectivity index (χ4v) is 2.76. The van der Waals surface area contributed by atoms with Gasteiger partial charge >= 0.3 is 0 Å². The summed E-state index contributed by atoms with van der Waals surface area (Å²) in [6, 6.07) is 1.94. The second-order valence-corrected chi connectivity index (χ2v) is 6.27. The summed E-state index contributed by atoms with van der Waals surface area (Å²) in [6.07, 6.45) is 8.05. The maximum atomic E-state index is 12.4. The summed E-state index contributed by atoms with van der Waals surface area (Å²) in [5.74, 6) is 0.773. The Hall–Kier alpha value is -1.58. The van der Waals surface area contributed by atoms with Gasteiger partial charge in [0.25, 0.3) is 0 Å². The number of ether oxygens (including phenoxy) is 1. The van der Waals surface area contributed by atoms with E-state index in [1.807, 2.05) is 13.0 Å². The van der Waals surface area contributed by atoms with Gasteiger partial charge in [0.15, 0.2) is 0 Å². The summed E-state index contributed by atoms with van der Waals surface area (Å²) < 4.78 is 5.63. The summed E-state index contributed by atoms with van der Waals surface area (Å²) in [6.45, 7) is 6.83. The molecule has 116 valence electrons. The predicted octanol–water partition coefficient (Wildman–Crippen LogP) is 4.09. The van der Waals surface area contributed by atoms with Gasteiger partial charge in [-0.15, -0.1) is 0 Å². The van der Waals surface area contributed by atoms with Gasteiger partial charge in [-0.3, -0.25) is 4.79 Å². The molecule has 0 bridgehead atoms. The molecule has 1 aliphatic rings. The molecule has 0 spiro atoms. The second kappa shape index (κ2) is 6.92. The lowest BCUT2D eigenvalue weighted by Crippen LogP contribution is -2.30. The number of aromatic nitrogens is 1. The van der Waals surface area contributed by atoms with E-state index in [1.54, 1.807) is 6.20 Å². The minimum atomic E-state index is -0.218. The van der Waals surface area contributed by atoms with Crippen LogP contribution in [0, 0.1) is 12.3 Å². The lowest BCUT2D eigenvalue weighted by molar-refractivity contribution is -0.124. The van der Waals surface area contributed by atoms with Crippen molar-refractivity contribution in [2.24, 2.45) is 5.41 Å². The van der Waals surface area contributed by atoms with Gasteiger partial charge in [-0.2, -0.15) is 0 Å². The zero-order valence-electron chi connectivity index (χ0n) is 13.4. The summed E-state index contributed by atoms with van der Waals surface area (Å²) in [4.78, 5) is 16.7. The topological polar surface area (TPSA) is 51.2 Å². The highest BCUT2D eigenvalue weighted by Crippen LogP contribution is 2.38. The molecule has 4 nitrogen and oxygen atoms in total. The van der Waals surface area contributed by atoms with Gasteiger partial charge in [0.05, 0.1) is 18.5 Å². The minimum Gasteiger partial charge on any atom is -0.477 e. The SMILES string of the molecule is CCCCOc1ncc(NC(=O)C2(C)CCCC2)cc1C. The minimum absolute atomic E-state index is 0.112. The molecule has 0 saturated heterocycles. The van der Waals surface area contributed by atoms with Crippen molar-refractivity contribution in [1.82, 2.24) is 4.98 Å². The highest BCUT2D eigenvalue weighted by molar-refractivity contribution is 5.95.